The largest absolute Gasteiger partial charge is 0.492 e. The number of hydrogen-bond donors (Lipinski definition) is 2. The van der Waals surface area contributed by atoms with Crippen LogP contribution < -0.4 is 9.46 Å². The van der Waals surface area contributed by atoms with Gasteiger partial charge in [0.1, 0.15) is 10.6 Å². The van der Waals surface area contributed by atoms with Gasteiger partial charge in [-0.25, -0.2) is 17.9 Å². The van der Waals surface area contributed by atoms with Crippen LogP contribution in [0.15, 0.2) is 41.3 Å². The summed E-state index contributed by atoms with van der Waals surface area (Å²) in [6.07, 6.45) is -3.22. The van der Waals surface area contributed by atoms with E-state index in [1.807, 2.05) is 17.4 Å². The highest BCUT2D eigenvalue weighted by molar-refractivity contribution is 7.89. The van der Waals surface area contributed by atoms with Crippen LogP contribution >= 0.6 is 11.3 Å². The number of benzene rings is 1. The molecule has 2 aromatic rings. The number of ether oxygens (including phenoxy) is 1. The molecule has 0 bridgehead atoms. The van der Waals surface area contributed by atoms with Gasteiger partial charge in [-0.2, -0.15) is 13.2 Å². The molecule has 2 aliphatic heterocycles. The molecule has 1 aromatic heterocycles. The van der Waals surface area contributed by atoms with Gasteiger partial charge in [0, 0.05) is 28.3 Å². The van der Waals surface area contributed by atoms with E-state index in [1.54, 1.807) is 18.2 Å². The quantitative estimate of drug-likeness (QED) is 0.646. The van der Waals surface area contributed by atoms with E-state index in [1.165, 1.54) is 9.75 Å². The Balaban J connectivity index is 0.000000383. The Hall–Kier alpha value is -2.15. The van der Waals surface area contributed by atoms with Gasteiger partial charge < -0.3 is 9.84 Å². The molecule has 0 amide bonds. The fraction of sp³-hybridized carbons (Fsp3) is 0.476. The van der Waals surface area contributed by atoms with Crippen molar-refractivity contribution in [3.05, 3.63) is 46.2 Å². The molecule has 1 fully saturated rings. The molecule has 2 aliphatic rings. The number of carboxylic acids is 1. The Bertz CT molecular complexity index is 1080. The van der Waals surface area contributed by atoms with Crippen LogP contribution in [0.5, 0.6) is 5.75 Å². The molecule has 0 atom stereocenters. The number of nitrogens with zero attached hydrogens (tertiary/aromatic N) is 1. The summed E-state index contributed by atoms with van der Waals surface area (Å²) in [7, 11) is -3.52. The van der Waals surface area contributed by atoms with Gasteiger partial charge >= 0.3 is 12.1 Å². The van der Waals surface area contributed by atoms with Gasteiger partial charge in [-0.1, -0.05) is 12.1 Å². The van der Waals surface area contributed by atoms with Crippen LogP contribution in [-0.4, -0.2) is 56.8 Å². The summed E-state index contributed by atoms with van der Waals surface area (Å²) < 4.78 is 65.7. The first-order valence-electron chi connectivity index (χ1n) is 10.2. The number of thiophene rings is 1. The van der Waals surface area contributed by atoms with E-state index in [0.29, 0.717) is 18.9 Å². The normalized spacial score (nSPS) is 19.9. The zero-order chi connectivity index (χ0) is 24.3. The van der Waals surface area contributed by atoms with Gasteiger partial charge in [0.15, 0.2) is 0 Å². The van der Waals surface area contributed by atoms with Crippen molar-refractivity contribution in [3.8, 4) is 5.75 Å². The molecule has 3 heterocycles. The number of aryl methyl sites for hydroxylation is 1. The van der Waals surface area contributed by atoms with E-state index >= 15 is 0 Å². The molecule has 0 aliphatic carbocycles. The molecular weight excluding hydrogens is 481 g/mol. The second-order valence-electron chi connectivity index (χ2n) is 8.15. The Morgan fingerprint density at radius 3 is 2.42 bits per heavy atom. The minimum atomic E-state index is -5.08. The van der Waals surface area contributed by atoms with Crippen molar-refractivity contribution in [2.24, 2.45) is 5.41 Å². The zero-order valence-electron chi connectivity index (χ0n) is 17.9. The maximum absolute atomic E-state index is 12.6. The number of sulfonamides is 1. The lowest BCUT2D eigenvalue weighted by atomic mass is 9.79. The molecule has 0 radical (unpaired) electrons. The minimum Gasteiger partial charge on any atom is -0.492 e. The smallest absolute Gasteiger partial charge is 0.490 e. The Morgan fingerprint density at radius 2 is 1.85 bits per heavy atom. The average molecular weight is 507 g/mol. The van der Waals surface area contributed by atoms with E-state index in [4.69, 9.17) is 14.6 Å². The molecule has 4 rings (SSSR count). The van der Waals surface area contributed by atoms with Crippen molar-refractivity contribution in [2.45, 2.75) is 37.4 Å². The zero-order valence-corrected chi connectivity index (χ0v) is 19.5. The summed E-state index contributed by atoms with van der Waals surface area (Å²) in [5, 5.41) is 7.12. The molecule has 0 saturated carbocycles. The number of alkyl halides is 3. The van der Waals surface area contributed by atoms with Crippen molar-refractivity contribution in [2.75, 3.05) is 26.2 Å². The average Bonchev–Trinajstić information content (AvgIpc) is 3.16. The summed E-state index contributed by atoms with van der Waals surface area (Å²) in [6, 6.07) is 11.2. The summed E-state index contributed by atoms with van der Waals surface area (Å²) in [5.41, 5.74) is -0.136. The van der Waals surface area contributed by atoms with Crippen molar-refractivity contribution in [3.63, 3.8) is 0 Å². The van der Waals surface area contributed by atoms with Gasteiger partial charge in [0.2, 0.25) is 10.0 Å². The molecule has 1 aromatic carbocycles. The second-order valence-corrected chi connectivity index (χ2v) is 11.3. The van der Waals surface area contributed by atoms with Crippen molar-refractivity contribution >= 4 is 27.3 Å². The monoisotopic (exact) mass is 506 g/mol. The van der Waals surface area contributed by atoms with E-state index in [2.05, 4.69) is 28.7 Å². The lowest BCUT2D eigenvalue weighted by Crippen LogP contribution is -2.49. The SMILES string of the molecule is Cc1ccc(CN2CCC3(CC2)CNS(=O)(=O)c2ccccc2OC3)s1.O=C(O)C(F)(F)F. The van der Waals surface area contributed by atoms with Crippen LogP contribution in [0.25, 0.3) is 0 Å². The number of halogens is 3. The van der Waals surface area contributed by atoms with E-state index in [9.17, 15) is 21.6 Å². The summed E-state index contributed by atoms with van der Waals surface area (Å²) in [6.45, 7) is 6.03. The topological polar surface area (TPSA) is 95.9 Å². The number of hydrogen-bond acceptors (Lipinski definition) is 6. The molecule has 0 unspecified atom stereocenters. The lowest BCUT2D eigenvalue weighted by Gasteiger charge is -2.42. The maximum Gasteiger partial charge on any atom is 0.490 e. The molecule has 7 nitrogen and oxygen atoms in total. The van der Waals surface area contributed by atoms with Crippen LogP contribution in [0.1, 0.15) is 22.6 Å². The van der Waals surface area contributed by atoms with Crippen LogP contribution in [0.3, 0.4) is 0 Å². The maximum atomic E-state index is 12.6. The number of nitrogens with one attached hydrogen (secondary N) is 1. The number of rotatable bonds is 2. The predicted molar refractivity (Wildman–Crippen MR) is 117 cm³/mol. The van der Waals surface area contributed by atoms with Crippen LogP contribution in [0.4, 0.5) is 13.2 Å². The van der Waals surface area contributed by atoms with Crippen LogP contribution in [0.2, 0.25) is 0 Å². The molecule has 1 saturated heterocycles. The molecular formula is C21H25F3N2O5S2. The first-order chi connectivity index (χ1) is 15.4. The lowest BCUT2D eigenvalue weighted by molar-refractivity contribution is -0.192. The van der Waals surface area contributed by atoms with Gasteiger partial charge in [0.05, 0.1) is 6.61 Å². The molecule has 1 spiro atoms. The summed E-state index contributed by atoms with van der Waals surface area (Å²) in [4.78, 5) is 14.3. The number of aliphatic carboxylic acids is 1. The number of carbonyl (C=O) groups is 1. The molecule has 12 heteroatoms. The van der Waals surface area contributed by atoms with E-state index in [-0.39, 0.29) is 10.3 Å². The first kappa shape index (κ1) is 25.5. The van der Waals surface area contributed by atoms with Gasteiger partial charge in [0.25, 0.3) is 0 Å². The van der Waals surface area contributed by atoms with E-state index < -0.39 is 22.2 Å². The highest BCUT2D eigenvalue weighted by Gasteiger charge is 2.39. The Labute approximate surface area is 194 Å². The van der Waals surface area contributed by atoms with Crippen LogP contribution in [0, 0.1) is 12.3 Å². The van der Waals surface area contributed by atoms with Crippen molar-refractivity contribution in [1.29, 1.82) is 0 Å². The fourth-order valence-electron chi connectivity index (χ4n) is 3.70. The van der Waals surface area contributed by atoms with Crippen LogP contribution in [-0.2, 0) is 21.4 Å². The van der Waals surface area contributed by atoms with Crippen molar-refractivity contribution in [1.82, 2.24) is 9.62 Å². The number of piperidine rings is 1. The molecule has 182 valence electrons. The molecule has 2 N–H and O–H groups in total. The minimum absolute atomic E-state index is 0.136. The highest BCUT2D eigenvalue weighted by atomic mass is 32.2. The van der Waals surface area contributed by atoms with Gasteiger partial charge in [-0.15, -0.1) is 11.3 Å². The number of para-hydroxylation sites is 1. The third-order valence-electron chi connectivity index (χ3n) is 5.64. The fourth-order valence-corrected chi connectivity index (χ4v) is 5.93. The first-order valence-corrected chi connectivity index (χ1v) is 12.5. The predicted octanol–water partition coefficient (Wildman–Crippen LogP) is 3.64. The Morgan fingerprint density at radius 1 is 1.21 bits per heavy atom. The standard InChI is InChI=1S/C19H24N2O3S2.C2HF3O2/c1-15-6-7-16(25-15)12-21-10-8-19(9-11-21)13-20-26(22,23)18-5-3-2-4-17(18)24-14-19;3-2(4,5)1(6)7/h2-7,20H,8-14H2,1H3;(H,6,7). The highest BCUT2D eigenvalue weighted by Crippen LogP contribution is 2.36. The number of likely N-dealkylation sites (tertiary alicyclic amines) is 1. The second kappa shape index (κ2) is 10.00. The summed E-state index contributed by atoms with van der Waals surface area (Å²) >= 11 is 1.85. The number of carboxylic acid groups (broad SMARTS) is 1. The number of fused-ring (bicyclic) bond motifs is 1. The third kappa shape index (κ3) is 6.69. The molecule has 33 heavy (non-hydrogen) atoms. The van der Waals surface area contributed by atoms with Gasteiger partial charge in [-0.3, -0.25) is 4.90 Å². The van der Waals surface area contributed by atoms with Crippen molar-refractivity contribution < 1.29 is 36.2 Å². The Kier molecular flexibility index (Phi) is 7.72. The van der Waals surface area contributed by atoms with E-state index in [0.717, 1.165) is 32.5 Å². The summed E-state index contributed by atoms with van der Waals surface area (Å²) in [5.74, 6) is -2.30. The van der Waals surface area contributed by atoms with Gasteiger partial charge in [-0.05, 0) is 57.1 Å². The third-order valence-corrected chi connectivity index (χ3v) is 8.07.